The second-order valence-corrected chi connectivity index (χ2v) is 8.33. The Morgan fingerprint density at radius 3 is 1.91 bits per heavy atom. The first kappa shape index (κ1) is 22.9. The molecular formula is C27H26N4O3. The summed E-state index contributed by atoms with van der Waals surface area (Å²) in [7, 11) is 1.60. The van der Waals surface area contributed by atoms with Gasteiger partial charge in [-0.15, -0.1) is 10.2 Å². The maximum atomic E-state index is 12.8. The Morgan fingerprint density at radius 1 is 0.824 bits per heavy atom. The number of rotatable bonds is 6. The van der Waals surface area contributed by atoms with Crippen molar-refractivity contribution in [2.75, 3.05) is 18.9 Å². The molecule has 0 radical (unpaired) electrons. The zero-order valence-electron chi connectivity index (χ0n) is 19.6. The monoisotopic (exact) mass is 454 g/mol. The van der Waals surface area contributed by atoms with Gasteiger partial charge in [0, 0.05) is 29.4 Å². The van der Waals surface area contributed by atoms with Crippen LogP contribution >= 0.6 is 0 Å². The van der Waals surface area contributed by atoms with Crippen molar-refractivity contribution in [3.05, 3.63) is 89.0 Å². The Hall–Kier alpha value is -4.26. The summed E-state index contributed by atoms with van der Waals surface area (Å²) >= 11 is 0. The molecule has 1 aromatic heterocycles. The SMILES string of the molecule is Cc1ccc(-c2nnc(-c3ccc(C(=O)N(C)CC(=O)Nc4c(C)cccc4C)cc3)o2)cc1. The van der Waals surface area contributed by atoms with Crippen molar-refractivity contribution in [2.24, 2.45) is 0 Å². The van der Waals surface area contributed by atoms with E-state index in [2.05, 4.69) is 15.5 Å². The lowest BCUT2D eigenvalue weighted by Crippen LogP contribution is -2.35. The number of anilines is 1. The fourth-order valence-corrected chi connectivity index (χ4v) is 3.61. The van der Waals surface area contributed by atoms with Crippen molar-refractivity contribution in [3.8, 4) is 22.9 Å². The summed E-state index contributed by atoms with van der Waals surface area (Å²) in [4.78, 5) is 26.7. The molecule has 0 aliphatic carbocycles. The highest BCUT2D eigenvalue weighted by Crippen LogP contribution is 2.25. The van der Waals surface area contributed by atoms with Crippen molar-refractivity contribution < 1.29 is 14.0 Å². The molecule has 0 fully saturated rings. The van der Waals surface area contributed by atoms with E-state index in [4.69, 9.17) is 4.42 Å². The second-order valence-electron chi connectivity index (χ2n) is 8.33. The van der Waals surface area contributed by atoms with E-state index in [1.165, 1.54) is 4.90 Å². The van der Waals surface area contributed by atoms with Crippen LogP contribution in [-0.4, -0.2) is 40.5 Å². The highest BCUT2D eigenvalue weighted by Gasteiger charge is 2.17. The van der Waals surface area contributed by atoms with Gasteiger partial charge in [0.05, 0.1) is 6.54 Å². The zero-order valence-corrected chi connectivity index (χ0v) is 19.6. The van der Waals surface area contributed by atoms with Crippen LogP contribution in [0.2, 0.25) is 0 Å². The van der Waals surface area contributed by atoms with E-state index in [1.807, 2.05) is 63.2 Å². The van der Waals surface area contributed by atoms with E-state index in [9.17, 15) is 9.59 Å². The Kier molecular flexibility index (Phi) is 6.54. The Morgan fingerprint density at radius 2 is 1.35 bits per heavy atom. The highest BCUT2D eigenvalue weighted by molar-refractivity contribution is 6.00. The van der Waals surface area contributed by atoms with Crippen molar-refractivity contribution in [2.45, 2.75) is 20.8 Å². The molecule has 2 amide bonds. The van der Waals surface area contributed by atoms with Crippen LogP contribution in [-0.2, 0) is 4.79 Å². The van der Waals surface area contributed by atoms with Gasteiger partial charge in [-0.25, -0.2) is 0 Å². The zero-order chi connectivity index (χ0) is 24.2. The van der Waals surface area contributed by atoms with Crippen molar-refractivity contribution in [3.63, 3.8) is 0 Å². The average Bonchev–Trinajstić information content (AvgIpc) is 3.32. The van der Waals surface area contributed by atoms with Gasteiger partial charge in [0.1, 0.15) is 0 Å². The number of benzene rings is 3. The number of nitrogens with one attached hydrogen (secondary N) is 1. The molecule has 7 nitrogen and oxygen atoms in total. The van der Waals surface area contributed by atoms with Crippen LogP contribution < -0.4 is 5.32 Å². The van der Waals surface area contributed by atoms with Crippen molar-refractivity contribution in [1.82, 2.24) is 15.1 Å². The minimum atomic E-state index is -0.255. The molecule has 172 valence electrons. The molecule has 0 saturated heterocycles. The average molecular weight is 455 g/mol. The number of hydrogen-bond donors (Lipinski definition) is 1. The number of carbonyl (C=O) groups is 2. The molecule has 0 unspecified atom stereocenters. The van der Waals surface area contributed by atoms with Crippen molar-refractivity contribution >= 4 is 17.5 Å². The number of likely N-dealkylation sites (N-methyl/N-ethyl adjacent to an activating group) is 1. The lowest BCUT2D eigenvalue weighted by molar-refractivity contribution is -0.116. The second kappa shape index (κ2) is 9.70. The minimum absolute atomic E-state index is 0.0576. The third kappa shape index (κ3) is 5.04. The van der Waals surface area contributed by atoms with Gasteiger partial charge >= 0.3 is 0 Å². The summed E-state index contributed by atoms with van der Waals surface area (Å²) in [6, 6.07) is 20.5. The maximum Gasteiger partial charge on any atom is 0.254 e. The number of aryl methyl sites for hydroxylation is 3. The minimum Gasteiger partial charge on any atom is -0.416 e. The molecule has 3 aromatic carbocycles. The molecule has 1 N–H and O–H groups in total. The summed E-state index contributed by atoms with van der Waals surface area (Å²) in [6.07, 6.45) is 0. The third-order valence-corrected chi connectivity index (χ3v) is 5.58. The number of para-hydroxylation sites is 1. The Bertz CT molecular complexity index is 1300. The maximum absolute atomic E-state index is 12.8. The van der Waals surface area contributed by atoms with Crippen LogP contribution in [0.15, 0.2) is 71.1 Å². The van der Waals surface area contributed by atoms with Crippen LogP contribution in [0.1, 0.15) is 27.0 Å². The fourth-order valence-electron chi connectivity index (χ4n) is 3.61. The lowest BCUT2D eigenvalue weighted by atomic mass is 10.1. The number of nitrogens with zero attached hydrogens (tertiary/aromatic N) is 3. The predicted molar refractivity (Wildman–Crippen MR) is 131 cm³/mol. The predicted octanol–water partition coefficient (Wildman–Crippen LogP) is 5.04. The summed E-state index contributed by atoms with van der Waals surface area (Å²) in [6.45, 7) is 5.83. The summed E-state index contributed by atoms with van der Waals surface area (Å²) in [5.74, 6) is 0.300. The van der Waals surface area contributed by atoms with Gasteiger partial charge in [0.2, 0.25) is 17.7 Å². The molecule has 0 saturated carbocycles. The van der Waals surface area contributed by atoms with Crippen LogP contribution in [0.4, 0.5) is 5.69 Å². The normalized spacial score (nSPS) is 10.7. The van der Waals surface area contributed by atoms with E-state index >= 15 is 0 Å². The van der Waals surface area contributed by atoms with Gasteiger partial charge in [-0.05, 0) is 68.3 Å². The quantitative estimate of drug-likeness (QED) is 0.441. The molecule has 1 heterocycles. The van der Waals surface area contributed by atoms with Crippen LogP contribution in [0.5, 0.6) is 0 Å². The Balaban J connectivity index is 1.41. The van der Waals surface area contributed by atoms with Gasteiger partial charge in [-0.2, -0.15) is 0 Å². The standard InChI is InChI=1S/C27H26N4O3/c1-17-8-10-20(11-9-17)25-29-30-26(34-25)21-12-14-22(15-13-21)27(33)31(4)16-23(32)28-24-18(2)6-5-7-19(24)3/h5-15H,16H2,1-4H3,(H,28,32). The van der Waals surface area contributed by atoms with Crippen LogP contribution in [0.3, 0.4) is 0 Å². The summed E-state index contributed by atoms with van der Waals surface area (Å²) in [5, 5.41) is 11.1. The Labute approximate surface area is 198 Å². The van der Waals surface area contributed by atoms with Gasteiger partial charge in [-0.3, -0.25) is 9.59 Å². The molecule has 4 aromatic rings. The highest BCUT2D eigenvalue weighted by atomic mass is 16.4. The molecule has 7 heteroatoms. The smallest absolute Gasteiger partial charge is 0.254 e. The van der Waals surface area contributed by atoms with Crippen LogP contribution in [0, 0.1) is 20.8 Å². The van der Waals surface area contributed by atoms with E-state index in [0.29, 0.717) is 22.9 Å². The molecular weight excluding hydrogens is 428 g/mol. The van der Waals surface area contributed by atoms with Crippen LogP contribution in [0.25, 0.3) is 22.9 Å². The number of amides is 2. The summed E-state index contributed by atoms with van der Waals surface area (Å²) in [5.41, 5.74) is 5.90. The van der Waals surface area contributed by atoms with E-state index in [0.717, 1.165) is 27.9 Å². The first-order chi connectivity index (χ1) is 16.3. The topological polar surface area (TPSA) is 88.3 Å². The lowest BCUT2D eigenvalue weighted by Gasteiger charge is -2.18. The number of hydrogen-bond acceptors (Lipinski definition) is 5. The van der Waals surface area contributed by atoms with E-state index in [1.54, 1.807) is 31.3 Å². The molecule has 0 spiro atoms. The molecule has 4 rings (SSSR count). The van der Waals surface area contributed by atoms with E-state index in [-0.39, 0.29) is 18.4 Å². The third-order valence-electron chi connectivity index (χ3n) is 5.58. The van der Waals surface area contributed by atoms with Gasteiger partial charge in [-0.1, -0.05) is 35.9 Å². The van der Waals surface area contributed by atoms with Crippen molar-refractivity contribution in [1.29, 1.82) is 0 Å². The molecule has 0 aliphatic rings. The largest absolute Gasteiger partial charge is 0.416 e. The summed E-state index contributed by atoms with van der Waals surface area (Å²) < 4.78 is 5.80. The van der Waals surface area contributed by atoms with Gasteiger partial charge in [0.25, 0.3) is 5.91 Å². The van der Waals surface area contributed by atoms with Gasteiger partial charge < -0.3 is 14.6 Å². The molecule has 0 aliphatic heterocycles. The number of carbonyl (C=O) groups excluding carboxylic acids is 2. The first-order valence-electron chi connectivity index (χ1n) is 10.9. The van der Waals surface area contributed by atoms with Gasteiger partial charge in [0.15, 0.2) is 0 Å². The molecule has 0 bridgehead atoms. The molecule has 0 atom stereocenters. The molecule has 34 heavy (non-hydrogen) atoms. The van der Waals surface area contributed by atoms with E-state index < -0.39 is 0 Å². The first-order valence-corrected chi connectivity index (χ1v) is 10.9. The number of aromatic nitrogens is 2. The fraction of sp³-hybridized carbons (Fsp3) is 0.185.